The van der Waals surface area contributed by atoms with Crippen LogP contribution in [-0.2, 0) is 6.42 Å². The van der Waals surface area contributed by atoms with Crippen LogP contribution < -0.4 is 16.0 Å². The average Bonchev–Trinajstić information content (AvgIpc) is 2.46. The van der Waals surface area contributed by atoms with Crippen molar-refractivity contribution in [1.82, 2.24) is 10.4 Å². The Morgan fingerprint density at radius 2 is 2.26 bits per heavy atom. The van der Waals surface area contributed by atoms with E-state index in [1.165, 1.54) is 13.2 Å². The largest absolute Gasteiger partial charge is 0.494 e. The first-order valence-corrected chi connectivity index (χ1v) is 5.93. The summed E-state index contributed by atoms with van der Waals surface area (Å²) in [5.74, 6) is 5.40. The Hall–Kier alpha value is -1.98. The van der Waals surface area contributed by atoms with Crippen LogP contribution in [0.4, 0.5) is 4.39 Å². The van der Waals surface area contributed by atoms with Gasteiger partial charge in [-0.3, -0.25) is 16.3 Å². The molecule has 1 heterocycles. The standard InChI is InChI=1S/C14H16FN3O/c1-19-14-8-11(4-5-12(14)15)13(18-16)7-10-3-2-6-17-9-10/h2-6,8-9,13,18H,7,16H2,1H3. The summed E-state index contributed by atoms with van der Waals surface area (Å²) in [6.07, 6.45) is 4.17. The maximum Gasteiger partial charge on any atom is 0.165 e. The predicted molar refractivity (Wildman–Crippen MR) is 71.0 cm³/mol. The zero-order valence-corrected chi connectivity index (χ0v) is 10.6. The van der Waals surface area contributed by atoms with E-state index in [0.717, 1.165) is 11.1 Å². The van der Waals surface area contributed by atoms with Crippen molar-refractivity contribution in [1.29, 1.82) is 0 Å². The van der Waals surface area contributed by atoms with Crippen LogP contribution in [0.5, 0.6) is 5.75 Å². The van der Waals surface area contributed by atoms with Gasteiger partial charge < -0.3 is 4.74 Å². The highest BCUT2D eigenvalue weighted by molar-refractivity contribution is 5.33. The Labute approximate surface area is 111 Å². The van der Waals surface area contributed by atoms with Crippen molar-refractivity contribution in [2.75, 3.05) is 7.11 Å². The van der Waals surface area contributed by atoms with E-state index in [-0.39, 0.29) is 17.6 Å². The summed E-state index contributed by atoms with van der Waals surface area (Å²) in [5.41, 5.74) is 4.65. The topological polar surface area (TPSA) is 60.2 Å². The lowest BCUT2D eigenvalue weighted by atomic mass is 10.00. The zero-order valence-electron chi connectivity index (χ0n) is 10.6. The normalized spacial score (nSPS) is 12.2. The van der Waals surface area contributed by atoms with Crippen molar-refractivity contribution < 1.29 is 9.13 Å². The molecular formula is C14H16FN3O. The molecule has 0 spiro atoms. The molecule has 1 unspecified atom stereocenters. The molecule has 1 aromatic heterocycles. The van der Waals surface area contributed by atoms with Gasteiger partial charge in [-0.25, -0.2) is 4.39 Å². The number of halogens is 1. The van der Waals surface area contributed by atoms with Gasteiger partial charge in [0.2, 0.25) is 0 Å². The summed E-state index contributed by atoms with van der Waals surface area (Å²) in [6.45, 7) is 0. The number of hydrazine groups is 1. The summed E-state index contributed by atoms with van der Waals surface area (Å²) >= 11 is 0. The zero-order chi connectivity index (χ0) is 13.7. The molecule has 0 bridgehead atoms. The number of ether oxygens (including phenoxy) is 1. The second kappa shape index (κ2) is 6.26. The Morgan fingerprint density at radius 3 is 2.89 bits per heavy atom. The molecule has 0 saturated carbocycles. The fourth-order valence-corrected chi connectivity index (χ4v) is 1.92. The molecule has 4 nitrogen and oxygen atoms in total. The first-order chi connectivity index (χ1) is 9.24. The number of methoxy groups -OCH3 is 1. The van der Waals surface area contributed by atoms with E-state index >= 15 is 0 Å². The monoisotopic (exact) mass is 261 g/mol. The maximum atomic E-state index is 13.4. The third kappa shape index (κ3) is 3.27. The lowest BCUT2D eigenvalue weighted by molar-refractivity contribution is 0.384. The highest BCUT2D eigenvalue weighted by Crippen LogP contribution is 2.24. The van der Waals surface area contributed by atoms with Crippen molar-refractivity contribution in [3.05, 3.63) is 59.7 Å². The lowest BCUT2D eigenvalue weighted by Crippen LogP contribution is -2.29. The summed E-state index contributed by atoms with van der Waals surface area (Å²) in [7, 11) is 1.44. The van der Waals surface area contributed by atoms with E-state index in [9.17, 15) is 4.39 Å². The van der Waals surface area contributed by atoms with Crippen molar-refractivity contribution in [3.8, 4) is 5.75 Å². The highest BCUT2D eigenvalue weighted by Gasteiger charge is 2.13. The molecule has 0 aliphatic heterocycles. The van der Waals surface area contributed by atoms with Crippen LogP contribution in [-0.4, -0.2) is 12.1 Å². The minimum Gasteiger partial charge on any atom is -0.494 e. The number of rotatable bonds is 5. The molecule has 2 rings (SSSR count). The van der Waals surface area contributed by atoms with E-state index in [4.69, 9.17) is 10.6 Å². The van der Waals surface area contributed by atoms with Gasteiger partial charge in [-0.1, -0.05) is 12.1 Å². The van der Waals surface area contributed by atoms with Gasteiger partial charge in [-0.15, -0.1) is 0 Å². The minimum absolute atomic E-state index is 0.126. The third-order valence-corrected chi connectivity index (χ3v) is 2.94. The van der Waals surface area contributed by atoms with Gasteiger partial charge in [0.25, 0.3) is 0 Å². The number of hydrogen-bond acceptors (Lipinski definition) is 4. The molecule has 19 heavy (non-hydrogen) atoms. The fraction of sp³-hybridized carbons (Fsp3) is 0.214. The number of nitrogens with two attached hydrogens (primary N) is 1. The number of benzene rings is 1. The Balaban J connectivity index is 2.22. The average molecular weight is 261 g/mol. The Morgan fingerprint density at radius 1 is 1.42 bits per heavy atom. The summed E-state index contributed by atoms with van der Waals surface area (Å²) in [4.78, 5) is 4.06. The first kappa shape index (κ1) is 13.5. The second-order valence-corrected chi connectivity index (χ2v) is 4.18. The van der Waals surface area contributed by atoms with Gasteiger partial charge >= 0.3 is 0 Å². The van der Waals surface area contributed by atoms with Gasteiger partial charge in [-0.05, 0) is 35.7 Å². The molecule has 5 heteroatoms. The Kier molecular flexibility index (Phi) is 4.43. The maximum absolute atomic E-state index is 13.4. The number of nitrogens with one attached hydrogen (secondary N) is 1. The van der Waals surface area contributed by atoms with Crippen molar-refractivity contribution in [2.24, 2.45) is 5.84 Å². The second-order valence-electron chi connectivity index (χ2n) is 4.18. The number of nitrogens with zero attached hydrogens (tertiary/aromatic N) is 1. The summed E-state index contributed by atoms with van der Waals surface area (Å²) in [5, 5.41) is 0. The Bertz CT molecular complexity index is 533. The molecule has 0 fully saturated rings. The molecule has 0 saturated heterocycles. The van der Waals surface area contributed by atoms with Gasteiger partial charge in [0, 0.05) is 12.4 Å². The number of aromatic nitrogens is 1. The number of pyridine rings is 1. The molecule has 1 aromatic carbocycles. The minimum atomic E-state index is -0.386. The molecule has 3 N–H and O–H groups in total. The first-order valence-electron chi connectivity index (χ1n) is 5.93. The molecule has 100 valence electrons. The van der Waals surface area contributed by atoms with E-state index in [1.54, 1.807) is 24.5 Å². The molecule has 0 aliphatic rings. The van der Waals surface area contributed by atoms with Crippen LogP contribution in [0.25, 0.3) is 0 Å². The predicted octanol–water partition coefficient (Wildman–Crippen LogP) is 1.98. The van der Waals surface area contributed by atoms with Gasteiger partial charge in [-0.2, -0.15) is 0 Å². The van der Waals surface area contributed by atoms with Crippen molar-refractivity contribution >= 4 is 0 Å². The van der Waals surface area contributed by atoms with Crippen LogP contribution in [0.2, 0.25) is 0 Å². The van der Waals surface area contributed by atoms with Crippen molar-refractivity contribution in [3.63, 3.8) is 0 Å². The smallest absolute Gasteiger partial charge is 0.165 e. The van der Waals surface area contributed by atoms with E-state index in [1.807, 2.05) is 12.1 Å². The lowest BCUT2D eigenvalue weighted by Gasteiger charge is -2.17. The van der Waals surface area contributed by atoms with Crippen LogP contribution in [0.3, 0.4) is 0 Å². The van der Waals surface area contributed by atoms with E-state index in [2.05, 4.69) is 10.4 Å². The quantitative estimate of drug-likeness (QED) is 0.638. The summed E-state index contributed by atoms with van der Waals surface area (Å²) < 4.78 is 18.4. The van der Waals surface area contributed by atoms with E-state index < -0.39 is 0 Å². The highest BCUT2D eigenvalue weighted by atomic mass is 19.1. The molecule has 0 radical (unpaired) electrons. The molecule has 0 amide bonds. The molecule has 2 aromatic rings. The molecular weight excluding hydrogens is 245 g/mol. The third-order valence-electron chi connectivity index (χ3n) is 2.94. The van der Waals surface area contributed by atoms with Gasteiger partial charge in [0.1, 0.15) is 0 Å². The van der Waals surface area contributed by atoms with E-state index in [0.29, 0.717) is 6.42 Å². The van der Waals surface area contributed by atoms with Crippen LogP contribution in [0.15, 0.2) is 42.7 Å². The fourth-order valence-electron chi connectivity index (χ4n) is 1.92. The summed E-state index contributed by atoms with van der Waals surface area (Å²) in [6, 6.07) is 8.43. The van der Waals surface area contributed by atoms with Gasteiger partial charge in [0.05, 0.1) is 13.2 Å². The van der Waals surface area contributed by atoms with Gasteiger partial charge in [0.15, 0.2) is 11.6 Å². The van der Waals surface area contributed by atoms with Crippen LogP contribution >= 0.6 is 0 Å². The molecule has 0 aliphatic carbocycles. The van der Waals surface area contributed by atoms with Crippen LogP contribution in [0.1, 0.15) is 17.2 Å². The number of hydrogen-bond donors (Lipinski definition) is 2. The molecule has 1 atom stereocenters. The SMILES string of the molecule is COc1cc(C(Cc2cccnc2)NN)ccc1F. The van der Waals surface area contributed by atoms with Crippen LogP contribution in [0, 0.1) is 5.82 Å². The van der Waals surface area contributed by atoms with Crippen molar-refractivity contribution in [2.45, 2.75) is 12.5 Å².